The van der Waals surface area contributed by atoms with E-state index in [9.17, 15) is 0 Å². The number of hydrogen-bond donors (Lipinski definition) is 1. The average Bonchev–Trinajstić information content (AvgIpc) is 3.49. The third kappa shape index (κ3) is 5.06. The predicted molar refractivity (Wildman–Crippen MR) is 135 cm³/mol. The van der Waals surface area contributed by atoms with Crippen LogP contribution in [0, 0.1) is 5.92 Å². The predicted octanol–water partition coefficient (Wildman–Crippen LogP) is 4.44. The Balaban J connectivity index is 1.55. The highest BCUT2D eigenvalue weighted by Crippen LogP contribution is 2.34. The summed E-state index contributed by atoms with van der Waals surface area (Å²) < 4.78 is 15.9. The van der Waals surface area contributed by atoms with Crippen molar-refractivity contribution in [1.82, 2.24) is 29.5 Å². The molecule has 1 aliphatic rings. The smallest absolute Gasteiger partial charge is 0.181 e. The van der Waals surface area contributed by atoms with Gasteiger partial charge in [0, 0.05) is 30.9 Å². The van der Waals surface area contributed by atoms with Gasteiger partial charge in [0.1, 0.15) is 17.1 Å². The number of hydrogen-bond acceptors (Lipinski definition) is 7. The fourth-order valence-corrected chi connectivity index (χ4v) is 4.38. The molecule has 2 atom stereocenters. The summed E-state index contributed by atoms with van der Waals surface area (Å²) in [7, 11) is 0. The monoisotopic (exact) mass is 475 g/mol. The molecule has 0 radical (unpaired) electrons. The van der Waals surface area contributed by atoms with Crippen molar-refractivity contribution in [3.05, 3.63) is 42.7 Å². The molecule has 1 aromatic carbocycles. The summed E-state index contributed by atoms with van der Waals surface area (Å²) in [5.41, 5.74) is 9.01. The van der Waals surface area contributed by atoms with E-state index in [4.69, 9.17) is 30.4 Å². The molecule has 1 aliphatic heterocycles. The lowest BCUT2D eigenvalue weighted by Gasteiger charge is -2.23. The van der Waals surface area contributed by atoms with Gasteiger partial charge < -0.3 is 15.2 Å². The van der Waals surface area contributed by atoms with Crippen LogP contribution in [0.2, 0.25) is 0 Å². The van der Waals surface area contributed by atoms with E-state index >= 15 is 0 Å². The second-order valence-corrected chi connectivity index (χ2v) is 9.49. The minimum absolute atomic E-state index is 0.0734. The van der Waals surface area contributed by atoms with Crippen molar-refractivity contribution in [1.29, 1.82) is 0 Å². The molecule has 4 heterocycles. The van der Waals surface area contributed by atoms with Gasteiger partial charge in [-0.2, -0.15) is 10.2 Å². The summed E-state index contributed by atoms with van der Waals surface area (Å²) >= 11 is 0. The molecule has 0 spiro atoms. The van der Waals surface area contributed by atoms with Crippen LogP contribution in [0.15, 0.2) is 42.7 Å². The van der Waals surface area contributed by atoms with E-state index in [1.807, 2.05) is 59.7 Å². The average molecular weight is 476 g/mol. The Kier molecular flexibility index (Phi) is 6.79. The molecule has 5 rings (SSSR count). The Labute approximate surface area is 205 Å². The zero-order valence-electron chi connectivity index (χ0n) is 20.6. The Morgan fingerprint density at radius 1 is 1.11 bits per heavy atom. The summed E-state index contributed by atoms with van der Waals surface area (Å²) in [4.78, 5) is 9.44. The van der Waals surface area contributed by atoms with Crippen LogP contribution >= 0.6 is 0 Å². The standard InChI is InChI=1S/C26H33N7O2/c1-17(2)35-19-7-8-23-20(14-19)25(31-33(23)24-6-4-5-13-34-24)26-28-11-9-21(29-26)22-10-12-32(30-22)16-18(3)15-27/h7-12,14,17-18,24H,4-6,13,15-16,27H2,1-3H3. The summed E-state index contributed by atoms with van der Waals surface area (Å²) in [6.07, 6.45) is 6.83. The van der Waals surface area contributed by atoms with Crippen LogP contribution in [0.5, 0.6) is 5.75 Å². The molecule has 0 saturated carbocycles. The lowest BCUT2D eigenvalue weighted by atomic mass is 10.1. The summed E-state index contributed by atoms with van der Waals surface area (Å²) in [6.45, 7) is 8.28. The highest BCUT2D eigenvalue weighted by atomic mass is 16.5. The lowest BCUT2D eigenvalue weighted by Crippen LogP contribution is -2.19. The maximum absolute atomic E-state index is 6.06. The van der Waals surface area contributed by atoms with Crippen molar-refractivity contribution < 1.29 is 9.47 Å². The molecule has 3 aromatic heterocycles. The van der Waals surface area contributed by atoms with Crippen LogP contribution in [0.25, 0.3) is 33.8 Å². The van der Waals surface area contributed by atoms with E-state index in [2.05, 4.69) is 11.9 Å². The Morgan fingerprint density at radius 3 is 2.77 bits per heavy atom. The molecule has 1 saturated heterocycles. The van der Waals surface area contributed by atoms with E-state index in [1.165, 1.54) is 0 Å². The number of benzene rings is 1. The normalized spacial score (nSPS) is 17.2. The highest BCUT2D eigenvalue weighted by molar-refractivity contribution is 5.93. The highest BCUT2D eigenvalue weighted by Gasteiger charge is 2.23. The zero-order chi connectivity index (χ0) is 24.4. The first-order valence-corrected chi connectivity index (χ1v) is 12.4. The SMILES string of the molecule is CC(CN)Cn1ccc(-c2ccnc(-c3nn(C4CCCCO4)c4ccc(OC(C)C)cc34)n2)n1. The molecule has 9 nitrogen and oxygen atoms in total. The molecule has 9 heteroatoms. The number of aromatic nitrogens is 6. The second kappa shape index (κ2) is 10.1. The molecule has 35 heavy (non-hydrogen) atoms. The largest absolute Gasteiger partial charge is 0.491 e. The molecule has 2 N–H and O–H groups in total. The van der Waals surface area contributed by atoms with Crippen molar-refractivity contribution >= 4 is 10.9 Å². The molecule has 0 bridgehead atoms. The van der Waals surface area contributed by atoms with Gasteiger partial charge in [-0.1, -0.05) is 6.92 Å². The van der Waals surface area contributed by atoms with E-state index in [0.717, 1.165) is 60.5 Å². The fraction of sp³-hybridized carbons (Fsp3) is 0.462. The van der Waals surface area contributed by atoms with Gasteiger partial charge in [-0.05, 0) is 75.9 Å². The van der Waals surface area contributed by atoms with E-state index < -0.39 is 0 Å². The lowest BCUT2D eigenvalue weighted by molar-refractivity contribution is -0.0365. The van der Waals surface area contributed by atoms with Gasteiger partial charge in [-0.3, -0.25) is 4.68 Å². The molecule has 0 amide bonds. The van der Waals surface area contributed by atoms with Crippen LogP contribution in [0.4, 0.5) is 0 Å². The third-order valence-corrected chi connectivity index (χ3v) is 6.15. The van der Waals surface area contributed by atoms with E-state index in [-0.39, 0.29) is 12.3 Å². The number of rotatable bonds is 8. The van der Waals surface area contributed by atoms with Gasteiger partial charge in [0.15, 0.2) is 12.1 Å². The maximum Gasteiger partial charge on any atom is 0.181 e. The van der Waals surface area contributed by atoms with Crippen LogP contribution in [0.1, 0.15) is 46.3 Å². The molecule has 2 unspecified atom stereocenters. The minimum Gasteiger partial charge on any atom is -0.491 e. The van der Waals surface area contributed by atoms with Crippen LogP contribution in [-0.2, 0) is 11.3 Å². The first-order chi connectivity index (χ1) is 17.0. The summed E-state index contributed by atoms with van der Waals surface area (Å²) in [5, 5.41) is 10.6. The first kappa shape index (κ1) is 23.4. The Bertz CT molecular complexity index is 1290. The first-order valence-electron chi connectivity index (χ1n) is 12.4. The number of ether oxygens (including phenoxy) is 2. The topological polar surface area (TPSA) is 106 Å². The number of fused-ring (bicyclic) bond motifs is 1. The van der Waals surface area contributed by atoms with Crippen molar-refractivity contribution in [2.75, 3.05) is 13.2 Å². The maximum atomic E-state index is 6.06. The van der Waals surface area contributed by atoms with Gasteiger partial charge in [0.25, 0.3) is 0 Å². The van der Waals surface area contributed by atoms with E-state index in [0.29, 0.717) is 24.0 Å². The zero-order valence-corrected chi connectivity index (χ0v) is 20.6. The van der Waals surface area contributed by atoms with Crippen LogP contribution < -0.4 is 10.5 Å². The Hall–Kier alpha value is -3.30. The Morgan fingerprint density at radius 2 is 2.00 bits per heavy atom. The van der Waals surface area contributed by atoms with Gasteiger partial charge in [0.2, 0.25) is 0 Å². The van der Waals surface area contributed by atoms with Crippen molar-refractivity contribution in [3.63, 3.8) is 0 Å². The second-order valence-electron chi connectivity index (χ2n) is 9.49. The molecule has 0 aliphatic carbocycles. The molecule has 4 aromatic rings. The minimum atomic E-state index is -0.0970. The van der Waals surface area contributed by atoms with Gasteiger partial charge >= 0.3 is 0 Å². The van der Waals surface area contributed by atoms with Crippen LogP contribution in [-0.4, -0.2) is 48.8 Å². The van der Waals surface area contributed by atoms with E-state index in [1.54, 1.807) is 6.20 Å². The molecular formula is C26H33N7O2. The third-order valence-electron chi connectivity index (χ3n) is 6.15. The molecule has 1 fully saturated rings. The fourth-order valence-electron chi connectivity index (χ4n) is 4.38. The van der Waals surface area contributed by atoms with Crippen molar-refractivity contribution in [2.24, 2.45) is 11.7 Å². The van der Waals surface area contributed by atoms with Gasteiger partial charge in [-0.15, -0.1) is 0 Å². The van der Waals surface area contributed by atoms with Gasteiger partial charge in [0.05, 0.1) is 17.3 Å². The van der Waals surface area contributed by atoms with Crippen molar-refractivity contribution in [2.45, 2.75) is 58.9 Å². The van der Waals surface area contributed by atoms with Crippen molar-refractivity contribution in [3.8, 4) is 28.7 Å². The van der Waals surface area contributed by atoms with Crippen LogP contribution in [0.3, 0.4) is 0 Å². The quantitative estimate of drug-likeness (QED) is 0.402. The number of nitrogens with two attached hydrogens (primary N) is 1. The molecular weight excluding hydrogens is 442 g/mol. The summed E-state index contributed by atoms with van der Waals surface area (Å²) in [5.74, 6) is 1.69. The number of nitrogens with zero attached hydrogens (tertiary/aromatic N) is 6. The van der Waals surface area contributed by atoms with Gasteiger partial charge in [-0.25, -0.2) is 14.6 Å². The summed E-state index contributed by atoms with van der Waals surface area (Å²) in [6, 6.07) is 9.90. The molecule has 184 valence electrons.